The molecule has 2 heterocycles. The molecule has 132 valence electrons. The predicted molar refractivity (Wildman–Crippen MR) is 101 cm³/mol. The third kappa shape index (κ3) is 3.31. The van der Waals surface area contributed by atoms with Gasteiger partial charge in [0.05, 0.1) is 11.9 Å². The fraction of sp³-hybridized carbons (Fsp3) is 0.250. The molecule has 1 saturated heterocycles. The number of anilines is 1. The molecular formula is C20H21N5O. The topological polar surface area (TPSA) is 54.3 Å². The average Bonchev–Trinajstić information content (AvgIpc) is 3.18. The third-order valence-corrected chi connectivity index (χ3v) is 4.63. The van der Waals surface area contributed by atoms with Crippen LogP contribution in [0, 0.1) is 6.92 Å². The number of rotatable bonds is 3. The molecule has 6 nitrogen and oxygen atoms in total. The van der Waals surface area contributed by atoms with E-state index in [4.69, 9.17) is 0 Å². The molecule has 1 fully saturated rings. The van der Waals surface area contributed by atoms with Gasteiger partial charge in [0.2, 0.25) is 0 Å². The van der Waals surface area contributed by atoms with Crippen LogP contribution in [0.5, 0.6) is 0 Å². The number of nitrogens with zero attached hydrogens (tertiary/aromatic N) is 5. The van der Waals surface area contributed by atoms with Gasteiger partial charge < -0.3 is 9.80 Å². The summed E-state index contributed by atoms with van der Waals surface area (Å²) < 4.78 is 0. The largest absolute Gasteiger partial charge is 0.368 e. The highest BCUT2D eigenvalue weighted by Gasteiger charge is 2.24. The van der Waals surface area contributed by atoms with Gasteiger partial charge in [0, 0.05) is 31.9 Å². The second kappa shape index (κ2) is 7.00. The molecule has 0 saturated carbocycles. The zero-order chi connectivity index (χ0) is 17.9. The second-order valence-electron chi connectivity index (χ2n) is 6.47. The van der Waals surface area contributed by atoms with Crippen molar-refractivity contribution in [1.29, 1.82) is 0 Å². The predicted octanol–water partition coefficient (Wildman–Crippen LogP) is 2.54. The Hall–Kier alpha value is -3.15. The zero-order valence-electron chi connectivity index (χ0n) is 14.7. The van der Waals surface area contributed by atoms with E-state index in [1.807, 2.05) is 35.2 Å². The number of aryl methyl sites for hydroxylation is 1. The van der Waals surface area contributed by atoms with E-state index in [0.29, 0.717) is 18.8 Å². The van der Waals surface area contributed by atoms with Gasteiger partial charge in [-0.1, -0.05) is 30.3 Å². The molecule has 0 atom stereocenters. The van der Waals surface area contributed by atoms with Gasteiger partial charge in [-0.05, 0) is 36.8 Å². The molecule has 4 rings (SSSR count). The second-order valence-corrected chi connectivity index (χ2v) is 6.47. The van der Waals surface area contributed by atoms with E-state index in [0.717, 1.165) is 18.8 Å². The van der Waals surface area contributed by atoms with E-state index in [1.165, 1.54) is 16.0 Å². The minimum absolute atomic E-state index is 0.0592. The van der Waals surface area contributed by atoms with Gasteiger partial charge in [-0.25, -0.2) is 0 Å². The Balaban J connectivity index is 1.42. The number of hydrogen-bond acceptors (Lipinski definition) is 4. The Bertz CT molecular complexity index is 897. The maximum Gasteiger partial charge on any atom is 0.276 e. The number of hydrogen-bond donors (Lipinski definition) is 0. The van der Waals surface area contributed by atoms with Crippen LogP contribution in [0.4, 0.5) is 5.69 Å². The van der Waals surface area contributed by atoms with Crippen LogP contribution in [-0.4, -0.2) is 52.0 Å². The van der Waals surface area contributed by atoms with E-state index < -0.39 is 0 Å². The molecular weight excluding hydrogens is 326 g/mol. The van der Waals surface area contributed by atoms with Gasteiger partial charge in [0.1, 0.15) is 0 Å². The van der Waals surface area contributed by atoms with Crippen molar-refractivity contribution in [2.75, 3.05) is 31.1 Å². The Morgan fingerprint density at radius 2 is 1.65 bits per heavy atom. The molecule has 0 N–H and O–H groups in total. The van der Waals surface area contributed by atoms with Crippen molar-refractivity contribution in [1.82, 2.24) is 19.9 Å². The zero-order valence-corrected chi connectivity index (χ0v) is 14.7. The highest BCUT2D eigenvalue weighted by molar-refractivity contribution is 5.92. The van der Waals surface area contributed by atoms with Crippen LogP contribution in [0.15, 0.2) is 60.8 Å². The van der Waals surface area contributed by atoms with E-state index in [2.05, 4.69) is 46.3 Å². The molecule has 0 aliphatic carbocycles. The Morgan fingerprint density at radius 3 is 2.38 bits per heavy atom. The number of para-hydroxylation sites is 1. The van der Waals surface area contributed by atoms with Gasteiger partial charge in [-0.3, -0.25) is 4.79 Å². The first kappa shape index (κ1) is 16.3. The van der Waals surface area contributed by atoms with Crippen molar-refractivity contribution >= 4 is 11.6 Å². The molecule has 0 spiro atoms. The van der Waals surface area contributed by atoms with Crippen LogP contribution in [-0.2, 0) is 0 Å². The van der Waals surface area contributed by atoms with Crippen LogP contribution >= 0.6 is 0 Å². The van der Waals surface area contributed by atoms with Crippen LogP contribution in [0.3, 0.4) is 0 Å². The molecule has 3 aromatic rings. The van der Waals surface area contributed by atoms with E-state index >= 15 is 0 Å². The van der Waals surface area contributed by atoms with E-state index in [9.17, 15) is 4.79 Å². The van der Waals surface area contributed by atoms with Crippen molar-refractivity contribution in [3.8, 4) is 5.69 Å². The monoisotopic (exact) mass is 347 g/mol. The Kier molecular flexibility index (Phi) is 4.39. The number of benzene rings is 2. The SMILES string of the molecule is Cc1cccc(N2CCN(C(=O)c3cnn(-c4ccccc4)n3)CC2)c1. The molecule has 1 amide bonds. The summed E-state index contributed by atoms with van der Waals surface area (Å²) in [5, 5.41) is 8.57. The van der Waals surface area contributed by atoms with Crippen molar-refractivity contribution in [3.63, 3.8) is 0 Å². The lowest BCUT2D eigenvalue weighted by molar-refractivity contribution is 0.0740. The molecule has 0 radical (unpaired) electrons. The molecule has 6 heteroatoms. The van der Waals surface area contributed by atoms with Gasteiger partial charge in [0.25, 0.3) is 5.91 Å². The summed E-state index contributed by atoms with van der Waals surface area (Å²) in [5.41, 5.74) is 3.69. The molecule has 2 aromatic carbocycles. The summed E-state index contributed by atoms with van der Waals surface area (Å²) in [6.07, 6.45) is 1.54. The smallest absolute Gasteiger partial charge is 0.276 e. The molecule has 26 heavy (non-hydrogen) atoms. The maximum atomic E-state index is 12.7. The average molecular weight is 347 g/mol. The number of carbonyl (C=O) groups is 1. The van der Waals surface area contributed by atoms with Crippen molar-refractivity contribution in [3.05, 3.63) is 72.1 Å². The number of amides is 1. The first-order valence-electron chi connectivity index (χ1n) is 8.79. The van der Waals surface area contributed by atoms with E-state index in [-0.39, 0.29) is 5.91 Å². The summed E-state index contributed by atoms with van der Waals surface area (Å²) in [4.78, 5) is 18.4. The minimum Gasteiger partial charge on any atom is -0.368 e. The summed E-state index contributed by atoms with van der Waals surface area (Å²) in [7, 11) is 0. The number of carbonyl (C=O) groups excluding carboxylic acids is 1. The summed E-state index contributed by atoms with van der Waals surface area (Å²) >= 11 is 0. The fourth-order valence-electron chi connectivity index (χ4n) is 3.20. The molecule has 1 aromatic heterocycles. The molecule has 0 bridgehead atoms. The van der Waals surface area contributed by atoms with Gasteiger partial charge in [-0.2, -0.15) is 9.90 Å². The lowest BCUT2D eigenvalue weighted by Crippen LogP contribution is -2.48. The standard InChI is InChI=1S/C20H21N5O/c1-16-6-5-9-18(14-16)23-10-12-24(13-11-23)20(26)19-15-21-25(22-19)17-7-3-2-4-8-17/h2-9,14-15H,10-13H2,1H3. The summed E-state index contributed by atoms with van der Waals surface area (Å²) in [6, 6.07) is 18.1. The molecule has 1 aliphatic heterocycles. The first-order valence-corrected chi connectivity index (χ1v) is 8.79. The number of piperazine rings is 1. The van der Waals surface area contributed by atoms with Crippen LogP contribution in [0.25, 0.3) is 5.69 Å². The van der Waals surface area contributed by atoms with Crippen molar-refractivity contribution in [2.24, 2.45) is 0 Å². The quantitative estimate of drug-likeness (QED) is 0.731. The lowest BCUT2D eigenvalue weighted by Gasteiger charge is -2.35. The highest BCUT2D eigenvalue weighted by atomic mass is 16.2. The normalized spacial score (nSPS) is 14.5. The summed E-state index contributed by atoms with van der Waals surface area (Å²) in [6.45, 7) is 5.11. The van der Waals surface area contributed by atoms with Crippen molar-refractivity contribution in [2.45, 2.75) is 6.92 Å². The fourth-order valence-corrected chi connectivity index (χ4v) is 3.20. The van der Waals surface area contributed by atoms with Gasteiger partial charge in [0.15, 0.2) is 5.69 Å². The van der Waals surface area contributed by atoms with Crippen LogP contribution in [0.2, 0.25) is 0 Å². The van der Waals surface area contributed by atoms with Crippen LogP contribution < -0.4 is 4.90 Å². The first-order chi connectivity index (χ1) is 12.7. The van der Waals surface area contributed by atoms with Gasteiger partial charge in [-0.15, -0.1) is 5.10 Å². The van der Waals surface area contributed by atoms with Crippen molar-refractivity contribution < 1.29 is 4.79 Å². The minimum atomic E-state index is -0.0592. The maximum absolute atomic E-state index is 12.7. The third-order valence-electron chi connectivity index (χ3n) is 4.63. The van der Waals surface area contributed by atoms with E-state index in [1.54, 1.807) is 6.20 Å². The Labute approximate surface area is 152 Å². The van der Waals surface area contributed by atoms with Gasteiger partial charge >= 0.3 is 0 Å². The number of aromatic nitrogens is 3. The molecule has 1 aliphatic rings. The summed E-state index contributed by atoms with van der Waals surface area (Å²) in [5.74, 6) is -0.0592. The van der Waals surface area contributed by atoms with Crippen LogP contribution in [0.1, 0.15) is 16.1 Å². The molecule has 0 unspecified atom stereocenters. The highest BCUT2D eigenvalue weighted by Crippen LogP contribution is 2.18. The Morgan fingerprint density at radius 1 is 0.923 bits per heavy atom. The lowest BCUT2D eigenvalue weighted by atomic mass is 10.2.